The maximum atomic E-state index is 13.4. The van der Waals surface area contributed by atoms with Gasteiger partial charge in [-0.15, -0.1) is 0 Å². The molecule has 1 aliphatic carbocycles. The number of aliphatic hydroxyl groups is 1. The molecule has 0 radical (unpaired) electrons. The van der Waals surface area contributed by atoms with Crippen molar-refractivity contribution in [3.05, 3.63) is 104 Å². The topological polar surface area (TPSA) is 133 Å². The van der Waals surface area contributed by atoms with Gasteiger partial charge in [0.15, 0.2) is 5.76 Å². The maximum absolute atomic E-state index is 13.4. The fourth-order valence-corrected chi connectivity index (χ4v) is 8.99. The minimum Gasteiger partial charge on any atom is -0.511 e. The van der Waals surface area contributed by atoms with Crippen LogP contribution in [0.15, 0.2) is 119 Å². The first-order valence-electron chi connectivity index (χ1n) is 22.1. The zero-order chi connectivity index (χ0) is 41.3. The molecular weight excluding hydrogens is 725 g/mol. The Morgan fingerprint density at radius 3 is 2.16 bits per heavy atom. The van der Waals surface area contributed by atoms with Gasteiger partial charge >= 0.3 is 11.9 Å². The summed E-state index contributed by atoms with van der Waals surface area (Å²) in [7, 11) is 0. The van der Waals surface area contributed by atoms with Crippen molar-refractivity contribution in [3.63, 3.8) is 0 Å². The van der Waals surface area contributed by atoms with Crippen molar-refractivity contribution in [1.82, 2.24) is 5.32 Å². The van der Waals surface area contributed by atoms with Crippen LogP contribution in [-0.2, 0) is 14.3 Å². The number of aliphatic hydroxyl groups excluding tert-OH is 1. The lowest BCUT2D eigenvalue weighted by Gasteiger charge is -2.17. The molecule has 0 aromatic carbocycles. The molecule has 5 heterocycles. The third-order valence-corrected chi connectivity index (χ3v) is 12.5. The first kappa shape index (κ1) is 42.8. The highest BCUT2D eigenvalue weighted by molar-refractivity contribution is 6.21. The van der Waals surface area contributed by atoms with Crippen LogP contribution >= 0.6 is 0 Å². The molecule has 1 saturated heterocycles. The van der Waals surface area contributed by atoms with E-state index in [9.17, 15) is 19.8 Å². The fourth-order valence-electron chi connectivity index (χ4n) is 8.99. The zero-order valence-electron chi connectivity index (χ0n) is 35.7. The largest absolute Gasteiger partial charge is 0.511 e. The number of carbonyl (C=O) groups excluding carboxylic acids is 1. The number of carboxylic acid groups (broad SMARTS) is 1. The molecule has 0 unspecified atom stereocenters. The Labute approximate surface area is 345 Å². The van der Waals surface area contributed by atoms with Crippen LogP contribution in [0, 0.1) is 11.8 Å². The van der Waals surface area contributed by atoms with Gasteiger partial charge in [-0.05, 0) is 101 Å². The van der Waals surface area contributed by atoms with E-state index in [1.807, 2.05) is 32.1 Å². The number of carboxylic acids is 1. The summed E-state index contributed by atoms with van der Waals surface area (Å²) in [5, 5.41) is 24.6. The zero-order valence-corrected chi connectivity index (χ0v) is 35.7. The molecular formula is C49H64N4O5. The molecule has 0 amide bonds. The number of allylic oxidation sites excluding steroid dienone is 13. The Morgan fingerprint density at radius 1 is 0.810 bits per heavy atom. The smallest absolute Gasteiger partial charge is 0.311 e. The number of fused-ring (bicyclic) bond motifs is 5. The second-order valence-corrected chi connectivity index (χ2v) is 16.7. The highest BCUT2D eigenvalue weighted by Gasteiger charge is 2.41. The van der Waals surface area contributed by atoms with E-state index in [-0.39, 0.29) is 30.0 Å². The van der Waals surface area contributed by atoms with E-state index in [2.05, 4.69) is 45.2 Å². The number of aliphatic carboxylic acids is 1. The standard InChI is InChI=1S/C49H64N4O5/c1-7-9-10-11-12-13-14-15-16-17-18-19-20-21-22-23-45(57)58-49-33(6)40-27-38-31(4)35(24-25-44(55)56)47(52-38)36-26-43(54)46-32(5)39(53-48(36)46)28-41-34(8-2)30(3)37(50-41)29-42(49)51-40/h15-16,27-29,31,35,52,54H,7-14,17-26H2,1-6H3,(H,55,56)/b16-15+,38-27?,41-28?,42-29?,47-36?/t31-,35-/m0/s1. The van der Waals surface area contributed by atoms with Gasteiger partial charge in [0.05, 0.1) is 28.5 Å². The second kappa shape index (κ2) is 19.8. The molecule has 6 aliphatic rings. The number of hydrogen-bond donors (Lipinski definition) is 3. The Balaban J connectivity index is 1.19. The van der Waals surface area contributed by atoms with Gasteiger partial charge in [0.2, 0.25) is 0 Å². The summed E-state index contributed by atoms with van der Waals surface area (Å²) < 4.78 is 6.17. The molecule has 0 aromatic heterocycles. The van der Waals surface area contributed by atoms with Crippen LogP contribution < -0.4 is 5.32 Å². The van der Waals surface area contributed by atoms with Crippen molar-refractivity contribution in [2.24, 2.45) is 26.8 Å². The summed E-state index contributed by atoms with van der Waals surface area (Å²) in [6.07, 6.45) is 28.0. The Morgan fingerprint density at radius 2 is 1.47 bits per heavy atom. The van der Waals surface area contributed by atoms with Gasteiger partial charge in [-0.3, -0.25) is 9.59 Å². The van der Waals surface area contributed by atoms with E-state index < -0.39 is 5.97 Å². The minimum atomic E-state index is -0.849. The van der Waals surface area contributed by atoms with E-state index in [1.54, 1.807) is 0 Å². The monoisotopic (exact) mass is 788 g/mol. The molecule has 58 heavy (non-hydrogen) atoms. The van der Waals surface area contributed by atoms with Crippen LogP contribution in [0.4, 0.5) is 0 Å². The Hall–Kier alpha value is -4.79. The normalized spacial score (nSPS) is 21.3. The van der Waals surface area contributed by atoms with Crippen molar-refractivity contribution in [1.29, 1.82) is 0 Å². The minimum absolute atomic E-state index is 0.0171. The van der Waals surface area contributed by atoms with E-state index in [0.717, 1.165) is 106 Å². The lowest BCUT2D eigenvalue weighted by molar-refractivity contribution is -0.139. The van der Waals surface area contributed by atoms with Gasteiger partial charge in [-0.1, -0.05) is 84.3 Å². The number of nitrogens with one attached hydrogen (secondary N) is 1. The van der Waals surface area contributed by atoms with Gasteiger partial charge in [-0.25, -0.2) is 15.0 Å². The molecule has 2 atom stereocenters. The molecule has 0 aromatic rings. The van der Waals surface area contributed by atoms with Crippen molar-refractivity contribution >= 4 is 29.1 Å². The summed E-state index contributed by atoms with van der Waals surface area (Å²) in [5.74, 6) is -0.584. The van der Waals surface area contributed by atoms with E-state index in [0.29, 0.717) is 36.4 Å². The van der Waals surface area contributed by atoms with E-state index in [1.165, 1.54) is 51.4 Å². The quantitative estimate of drug-likeness (QED) is 0.0639. The van der Waals surface area contributed by atoms with E-state index >= 15 is 0 Å². The van der Waals surface area contributed by atoms with Gasteiger partial charge in [0.1, 0.15) is 11.5 Å². The maximum Gasteiger partial charge on any atom is 0.311 e. The van der Waals surface area contributed by atoms with Crippen LogP contribution in [0.1, 0.15) is 157 Å². The molecule has 1 fully saturated rings. The third-order valence-electron chi connectivity index (χ3n) is 12.5. The van der Waals surface area contributed by atoms with Gasteiger partial charge < -0.3 is 20.3 Å². The van der Waals surface area contributed by atoms with Crippen molar-refractivity contribution < 1.29 is 24.5 Å². The van der Waals surface area contributed by atoms with Gasteiger partial charge in [-0.2, -0.15) is 0 Å². The lowest BCUT2D eigenvalue weighted by Crippen LogP contribution is -2.15. The number of ether oxygens (including phenoxy) is 1. The number of aliphatic imine (C=N–C) groups is 3. The lowest BCUT2D eigenvalue weighted by atomic mass is 9.86. The molecule has 8 bridgehead atoms. The van der Waals surface area contributed by atoms with Crippen LogP contribution in [0.25, 0.3) is 0 Å². The molecule has 0 spiro atoms. The number of rotatable bonds is 20. The van der Waals surface area contributed by atoms with Crippen molar-refractivity contribution in [2.45, 2.75) is 157 Å². The number of esters is 1. The average Bonchev–Trinajstić information content (AvgIpc) is 3.95. The van der Waals surface area contributed by atoms with E-state index in [4.69, 9.17) is 19.7 Å². The summed E-state index contributed by atoms with van der Waals surface area (Å²) in [6, 6.07) is 0. The number of nitrogens with zero attached hydrogens (tertiary/aromatic N) is 3. The summed E-state index contributed by atoms with van der Waals surface area (Å²) >= 11 is 0. The molecule has 9 nitrogen and oxygen atoms in total. The predicted molar refractivity (Wildman–Crippen MR) is 234 cm³/mol. The number of carbonyl (C=O) groups is 2. The highest BCUT2D eigenvalue weighted by Crippen LogP contribution is 2.46. The summed E-state index contributed by atoms with van der Waals surface area (Å²) in [4.78, 5) is 40.4. The molecule has 310 valence electrons. The van der Waals surface area contributed by atoms with Crippen LogP contribution in [0.5, 0.6) is 0 Å². The highest BCUT2D eigenvalue weighted by atomic mass is 16.5. The Bertz CT molecular complexity index is 2060. The fraction of sp³-hybridized carbons (Fsp3) is 0.531. The van der Waals surface area contributed by atoms with Crippen molar-refractivity contribution in [2.75, 3.05) is 0 Å². The first-order valence-corrected chi connectivity index (χ1v) is 22.1. The SMILES string of the molecule is CCCCCCCC/C=C/CCCCCCCC(=O)OC1=C(C)C2=NC1=CC1=NC(=CC3=C(C)C4=C(O)CC(=C5NC(=C2)[C@@H](C)[C@@H]5CCC(=O)O)C4=N3)C(CC)=C1C. The third kappa shape index (κ3) is 9.73. The molecule has 6 rings (SSSR count). The average molecular weight is 789 g/mol. The summed E-state index contributed by atoms with van der Waals surface area (Å²) in [6.45, 7) is 12.5. The Kier molecular flexibility index (Phi) is 14.6. The molecule has 9 heteroatoms. The predicted octanol–water partition coefficient (Wildman–Crippen LogP) is 12.1. The van der Waals surface area contributed by atoms with Crippen LogP contribution in [-0.4, -0.2) is 39.3 Å². The molecule has 3 N–H and O–H groups in total. The first-order chi connectivity index (χ1) is 28.0. The van der Waals surface area contributed by atoms with Crippen LogP contribution in [0.2, 0.25) is 0 Å². The summed E-state index contributed by atoms with van der Waals surface area (Å²) in [5.41, 5.74) is 11.5. The van der Waals surface area contributed by atoms with Crippen LogP contribution in [0.3, 0.4) is 0 Å². The number of unbranched alkanes of at least 4 members (excludes halogenated alkanes) is 11. The van der Waals surface area contributed by atoms with Gasteiger partial charge in [0, 0.05) is 59.2 Å². The molecule has 5 aliphatic heterocycles. The number of hydrogen-bond acceptors (Lipinski definition) is 8. The second-order valence-electron chi connectivity index (χ2n) is 16.7. The molecule has 0 saturated carbocycles. The van der Waals surface area contributed by atoms with Crippen molar-refractivity contribution in [3.8, 4) is 0 Å². The van der Waals surface area contributed by atoms with Gasteiger partial charge in [0.25, 0.3) is 0 Å².